The molecule has 0 heterocycles. The van der Waals surface area contributed by atoms with E-state index in [1.54, 1.807) is 0 Å². The van der Waals surface area contributed by atoms with Gasteiger partial charge in [0, 0.05) is 6.54 Å². The summed E-state index contributed by atoms with van der Waals surface area (Å²) in [5.41, 5.74) is -9.90. The van der Waals surface area contributed by atoms with Crippen molar-refractivity contribution >= 4 is 20.0 Å². The van der Waals surface area contributed by atoms with Crippen molar-refractivity contribution in [2.45, 2.75) is 42.6 Å². The van der Waals surface area contributed by atoms with Crippen molar-refractivity contribution in [2.75, 3.05) is 20.1 Å². The normalized spacial score (nSPS) is 14.0. The Kier molecular flexibility index (Phi) is 10.3. The molecule has 0 amide bonds. The minimum Gasteiger partial charge on any atom is -0.320 e. The average Bonchev–Trinajstić information content (AvgIpc) is 2.78. The lowest BCUT2D eigenvalue weighted by Crippen LogP contribution is -2.40. The predicted octanol–water partition coefficient (Wildman–Crippen LogP) is 6.03. The summed E-state index contributed by atoms with van der Waals surface area (Å²) in [6.07, 6.45) is -21.9. The number of benzene rings is 2. The highest BCUT2D eigenvalue weighted by Gasteiger charge is 2.41. The summed E-state index contributed by atoms with van der Waals surface area (Å²) in [6.45, 7) is -1.09. The van der Waals surface area contributed by atoms with Gasteiger partial charge in [-0.25, -0.2) is 16.8 Å². The van der Waals surface area contributed by atoms with Gasteiger partial charge in [-0.1, -0.05) is 3.71 Å². The van der Waals surface area contributed by atoms with Gasteiger partial charge in [-0.15, -0.1) is 0 Å². The molecule has 0 atom stereocenters. The number of hydrogen-bond acceptors (Lipinski definition) is 5. The topological polar surface area (TPSA) is 83.6 Å². The van der Waals surface area contributed by atoms with Crippen LogP contribution in [0.4, 0.5) is 52.7 Å². The van der Waals surface area contributed by atoms with Crippen LogP contribution in [0.5, 0.6) is 0 Å². The Balaban J connectivity index is 2.63. The van der Waals surface area contributed by atoms with E-state index in [1.807, 2.05) is 0 Å². The van der Waals surface area contributed by atoms with Crippen molar-refractivity contribution in [3.63, 3.8) is 0 Å². The van der Waals surface area contributed by atoms with Crippen LogP contribution in [0.15, 0.2) is 36.4 Å². The lowest BCUT2D eigenvalue weighted by atomic mass is 10.1. The van der Waals surface area contributed by atoms with Crippen LogP contribution in [0.2, 0.25) is 0 Å². The van der Waals surface area contributed by atoms with Gasteiger partial charge in [-0.2, -0.15) is 52.7 Å². The number of rotatable bonds is 10. The number of nitrogens with one attached hydrogen (secondary N) is 1. The largest absolute Gasteiger partial charge is 0.416 e. The molecule has 2 aromatic rings. The molecule has 0 unspecified atom stereocenters. The molecule has 20 heteroatoms. The minimum atomic E-state index is -5.40. The Bertz CT molecular complexity index is 1310. The van der Waals surface area contributed by atoms with Crippen molar-refractivity contribution in [3.8, 4) is 0 Å². The van der Waals surface area contributed by atoms with E-state index in [0.717, 1.165) is 0 Å². The summed E-state index contributed by atoms with van der Waals surface area (Å²) < 4.78 is 211. The summed E-state index contributed by atoms with van der Waals surface area (Å²) in [5, 5.41) is 2.51. The van der Waals surface area contributed by atoms with Gasteiger partial charge in [0.05, 0.1) is 33.8 Å². The zero-order chi connectivity index (χ0) is 32.5. The molecule has 0 fully saturated rings. The summed E-state index contributed by atoms with van der Waals surface area (Å²) in [4.78, 5) is 0. The number of hydrogen-bond donors (Lipinski definition) is 1. The molecule has 0 aromatic heterocycles. The second kappa shape index (κ2) is 12.2. The smallest absolute Gasteiger partial charge is 0.320 e. The van der Waals surface area contributed by atoms with E-state index in [9.17, 15) is 69.5 Å². The molecule has 0 aliphatic rings. The van der Waals surface area contributed by atoms with Gasteiger partial charge in [-0.05, 0) is 67.5 Å². The zero-order valence-electron chi connectivity index (χ0n) is 20.9. The highest BCUT2D eigenvalue weighted by atomic mass is 32.3. The molecule has 0 spiro atoms. The molecule has 0 aliphatic heterocycles. The third-order valence-corrected chi connectivity index (χ3v) is 9.75. The molecule has 2 aromatic carbocycles. The lowest BCUT2D eigenvalue weighted by molar-refractivity contribution is -0.144. The van der Waals surface area contributed by atoms with Gasteiger partial charge in [-0.3, -0.25) is 0 Å². The van der Waals surface area contributed by atoms with Gasteiger partial charge in [0.15, 0.2) is 0 Å². The Hall–Kier alpha value is -2.58. The molecular formula is C22H20F12N2O4S2. The Labute approximate surface area is 231 Å². The molecule has 0 saturated heterocycles. The SMILES string of the molecule is CNCCCN(S(=O)(=O)Cc1cc(C(F)(F)F)cc(C(F)(F)F)c1)S(=O)(=O)Cc1cc(C(F)(F)F)cc(C(F)(F)F)c1. The molecule has 6 nitrogen and oxygen atoms in total. The first-order chi connectivity index (χ1) is 18.8. The van der Waals surface area contributed by atoms with Gasteiger partial charge in [0.1, 0.15) is 0 Å². The number of sulfonamides is 2. The van der Waals surface area contributed by atoms with Crippen molar-refractivity contribution in [1.29, 1.82) is 0 Å². The molecule has 238 valence electrons. The van der Waals surface area contributed by atoms with Crippen LogP contribution in [-0.4, -0.2) is 40.7 Å². The van der Waals surface area contributed by atoms with Crippen LogP contribution >= 0.6 is 0 Å². The fourth-order valence-electron chi connectivity index (χ4n) is 3.61. The molecule has 2 rings (SSSR count). The van der Waals surface area contributed by atoms with Crippen molar-refractivity contribution in [2.24, 2.45) is 0 Å². The van der Waals surface area contributed by atoms with E-state index >= 15 is 0 Å². The van der Waals surface area contributed by atoms with E-state index < -0.39 is 96.2 Å². The van der Waals surface area contributed by atoms with Gasteiger partial charge >= 0.3 is 24.7 Å². The molecule has 0 radical (unpaired) electrons. The van der Waals surface area contributed by atoms with Crippen molar-refractivity contribution < 1.29 is 69.5 Å². The number of alkyl halides is 12. The highest BCUT2D eigenvalue weighted by Crippen LogP contribution is 2.38. The third-order valence-electron chi connectivity index (χ3n) is 5.38. The Morgan fingerprint density at radius 2 is 0.857 bits per heavy atom. The summed E-state index contributed by atoms with van der Waals surface area (Å²) in [5.74, 6) is -3.48. The van der Waals surface area contributed by atoms with Crippen LogP contribution in [0.1, 0.15) is 39.8 Å². The standard InChI is InChI=1S/C22H20F12N2O4S2/c1-35-3-2-4-36(41(37,38)11-13-5-15(19(23,24)25)9-16(6-13)20(26,27)28)42(39,40)12-14-7-17(21(29,30)31)10-18(8-14)22(32,33)34/h5-10,35H,2-4,11-12H2,1H3. The van der Waals surface area contributed by atoms with Crippen LogP contribution in [-0.2, 0) is 56.3 Å². The van der Waals surface area contributed by atoms with Crippen LogP contribution < -0.4 is 5.32 Å². The number of halogens is 12. The highest BCUT2D eigenvalue weighted by molar-refractivity contribution is 8.03. The molecule has 0 saturated carbocycles. The maximum absolute atomic E-state index is 13.2. The quantitative estimate of drug-likeness (QED) is 0.247. The molecule has 0 aliphatic carbocycles. The van der Waals surface area contributed by atoms with Crippen molar-refractivity contribution in [1.82, 2.24) is 9.03 Å². The van der Waals surface area contributed by atoms with E-state index in [-0.39, 0.29) is 53.1 Å². The first kappa shape index (κ1) is 35.6. The fraction of sp³-hybridized carbons (Fsp3) is 0.455. The van der Waals surface area contributed by atoms with Crippen LogP contribution in [0.3, 0.4) is 0 Å². The van der Waals surface area contributed by atoms with E-state index in [4.69, 9.17) is 0 Å². The fourth-order valence-corrected chi connectivity index (χ4v) is 7.59. The van der Waals surface area contributed by atoms with Gasteiger partial charge in [0.2, 0.25) is 20.0 Å². The van der Waals surface area contributed by atoms with Crippen molar-refractivity contribution in [3.05, 3.63) is 69.8 Å². The van der Waals surface area contributed by atoms with E-state index in [1.165, 1.54) is 7.05 Å². The Morgan fingerprint density at radius 1 is 0.571 bits per heavy atom. The lowest BCUT2D eigenvalue weighted by Gasteiger charge is -2.23. The first-order valence-electron chi connectivity index (χ1n) is 11.2. The predicted molar refractivity (Wildman–Crippen MR) is 123 cm³/mol. The maximum Gasteiger partial charge on any atom is 0.416 e. The summed E-state index contributed by atoms with van der Waals surface area (Å²) in [7, 11) is -9.45. The molecular weight excluding hydrogens is 648 g/mol. The second-order valence-electron chi connectivity index (χ2n) is 8.79. The average molecular weight is 669 g/mol. The Morgan fingerprint density at radius 3 is 1.10 bits per heavy atom. The number of nitrogens with zero attached hydrogens (tertiary/aromatic N) is 1. The zero-order valence-corrected chi connectivity index (χ0v) is 22.6. The summed E-state index contributed by atoms with van der Waals surface area (Å²) in [6, 6.07) is -0.463. The maximum atomic E-state index is 13.2. The molecule has 0 bridgehead atoms. The molecule has 42 heavy (non-hydrogen) atoms. The van der Waals surface area contributed by atoms with Gasteiger partial charge in [0.25, 0.3) is 0 Å². The van der Waals surface area contributed by atoms with Crippen LogP contribution in [0.25, 0.3) is 0 Å². The first-order valence-corrected chi connectivity index (χ1v) is 14.4. The summed E-state index contributed by atoms with van der Waals surface area (Å²) >= 11 is 0. The van der Waals surface area contributed by atoms with E-state index in [0.29, 0.717) is 0 Å². The van der Waals surface area contributed by atoms with E-state index in [2.05, 4.69) is 5.32 Å². The minimum absolute atomic E-state index is 0.0353. The molecule has 1 N–H and O–H groups in total. The van der Waals surface area contributed by atoms with Crippen LogP contribution in [0, 0.1) is 0 Å². The second-order valence-corrected chi connectivity index (χ2v) is 12.8. The van der Waals surface area contributed by atoms with Gasteiger partial charge < -0.3 is 5.32 Å². The monoisotopic (exact) mass is 668 g/mol. The third kappa shape index (κ3) is 9.46.